The highest BCUT2D eigenvalue weighted by atomic mass is 79.9. The van der Waals surface area contributed by atoms with Gasteiger partial charge in [0.2, 0.25) is 0 Å². The van der Waals surface area contributed by atoms with Crippen LogP contribution in [0.3, 0.4) is 0 Å². The number of benzene rings is 1. The van der Waals surface area contributed by atoms with E-state index in [-0.39, 0.29) is 16.9 Å². The number of halogens is 4. The second-order valence-corrected chi connectivity index (χ2v) is 4.36. The first kappa shape index (κ1) is 12.8. The molecule has 0 amide bonds. The van der Waals surface area contributed by atoms with Crippen molar-refractivity contribution in [2.45, 2.75) is 5.54 Å². The highest BCUT2D eigenvalue weighted by Gasteiger charge is 2.37. The summed E-state index contributed by atoms with van der Waals surface area (Å²) in [4.78, 5) is 0. The maximum Gasteiger partial charge on any atom is 0.140 e. The minimum Gasteiger partial charge on any atom is -0.319 e. The quantitative estimate of drug-likeness (QED) is 0.778. The van der Waals surface area contributed by atoms with E-state index in [4.69, 9.17) is 5.73 Å². The van der Waals surface area contributed by atoms with Crippen molar-refractivity contribution in [1.29, 1.82) is 0 Å². The summed E-state index contributed by atoms with van der Waals surface area (Å²) in [5, 5.41) is 2.96. The summed E-state index contributed by atoms with van der Waals surface area (Å²) in [6.07, 6.45) is 0. The van der Waals surface area contributed by atoms with Gasteiger partial charge in [-0.3, -0.25) is 0 Å². The van der Waals surface area contributed by atoms with Crippen LogP contribution in [-0.2, 0) is 5.54 Å². The van der Waals surface area contributed by atoms with Crippen molar-refractivity contribution in [2.75, 3.05) is 13.1 Å². The van der Waals surface area contributed by atoms with E-state index in [0.29, 0.717) is 18.7 Å². The summed E-state index contributed by atoms with van der Waals surface area (Å²) >= 11 is 3.01. The predicted molar refractivity (Wildman–Crippen MR) is 60.0 cm³/mol. The summed E-state index contributed by atoms with van der Waals surface area (Å²) in [5.41, 5.74) is 5.56. The minimum atomic E-state index is -0.694. The Balaban J connectivity index is 0.00000112. The summed E-state index contributed by atoms with van der Waals surface area (Å²) in [7, 11) is 0. The molecule has 1 aliphatic rings. The van der Waals surface area contributed by atoms with Crippen LogP contribution in [0.15, 0.2) is 16.6 Å². The van der Waals surface area contributed by atoms with Crippen molar-refractivity contribution in [1.82, 2.24) is 5.32 Å². The molecule has 0 aromatic heterocycles. The molecule has 6 heteroatoms. The molecule has 0 radical (unpaired) electrons. The molecule has 1 saturated heterocycles. The molecule has 1 heterocycles. The Bertz CT molecular complexity index is 383. The SMILES string of the molecule is Cl.NC1(c2cc(Br)c(F)cc2F)CNC1. The van der Waals surface area contributed by atoms with Gasteiger partial charge in [-0.05, 0) is 22.0 Å². The van der Waals surface area contributed by atoms with Crippen LogP contribution in [0.4, 0.5) is 8.78 Å². The van der Waals surface area contributed by atoms with Gasteiger partial charge in [0.1, 0.15) is 11.6 Å². The van der Waals surface area contributed by atoms with Gasteiger partial charge < -0.3 is 11.1 Å². The largest absolute Gasteiger partial charge is 0.319 e. The monoisotopic (exact) mass is 298 g/mol. The first-order valence-corrected chi connectivity index (χ1v) is 4.97. The van der Waals surface area contributed by atoms with E-state index in [1.807, 2.05) is 0 Å². The fourth-order valence-electron chi connectivity index (χ4n) is 1.49. The molecule has 84 valence electrons. The Morgan fingerprint density at radius 1 is 1.27 bits per heavy atom. The summed E-state index contributed by atoms with van der Waals surface area (Å²) in [6, 6.07) is 2.26. The summed E-state index contributed by atoms with van der Waals surface area (Å²) in [5.74, 6) is -1.20. The van der Waals surface area contributed by atoms with E-state index < -0.39 is 17.2 Å². The first-order valence-electron chi connectivity index (χ1n) is 4.17. The third-order valence-corrected chi connectivity index (χ3v) is 3.03. The first-order chi connectivity index (χ1) is 6.53. The van der Waals surface area contributed by atoms with Gasteiger partial charge in [-0.15, -0.1) is 12.4 Å². The molecular formula is C9H10BrClF2N2. The molecule has 15 heavy (non-hydrogen) atoms. The minimum absolute atomic E-state index is 0. The number of hydrogen-bond acceptors (Lipinski definition) is 2. The smallest absolute Gasteiger partial charge is 0.140 e. The van der Waals surface area contributed by atoms with E-state index in [9.17, 15) is 8.78 Å². The Morgan fingerprint density at radius 2 is 1.87 bits per heavy atom. The van der Waals surface area contributed by atoms with E-state index in [1.165, 1.54) is 6.07 Å². The zero-order valence-corrected chi connectivity index (χ0v) is 10.1. The Kier molecular flexibility index (Phi) is 3.71. The molecule has 3 N–H and O–H groups in total. The lowest BCUT2D eigenvalue weighted by molar-refractivity contribution is 0.277. The van der Waals surface area contributed by atoms with Crippen molar-refractivity contribution in [2.24, 2.45) is 5.73 Å². The highest BCUT2D eigenvalue weighted by Crippen LogP contribution is 2.29. The Labute approximate surface area is 101 Å². The summed E-state index contributed by atoms with van der Waals surface area (Å²) < 4.78 is 26.5. The fraction of sp³-hybridized carbons (Fsp3) is 0.333. The number of nitrogens with one attached hydrogen (secondary N) is 1. The van der Waals surface area contributed by atoms with Crippen LogP contribution < -0.4 is 11.1 Å². The molecule has 2 nitrogen and oxygen atoms in total. The molecule has 0 atom stereocenters. The molecule has 0 aliphatic carbocycles. The normalized spacial score (nSPS) is 17.9. The van der Waals surface area contributed by atoms with E-state index in [2.05, 4.69) is 21.2 Å². The Morgan fingerprint density at radius 3 is 2.33 bits per heavy atom. The number of nitrogens with two attached hydrogens (primary N) is 1. The molecule has 0 bridgehead atoms. The predicted octanol–water partition coefficient (Wildman–Crippen LogP) is 1.91. The van der Waals surface area contributed by atoms with E-state index >= 15 is 0 Å². The van der Waals surface area contributed by atoms with Crippen LogP contribution in [-0.4, -0.2) is 13.1 Å². The van der Waals surface area contributed by atoms with Gasteiger partial charge in [0.25, 0.3) is 0 Å². The maximum absolute atomic E-state index is 13.4. The topological polar surface area (TPSA) is 38.0 Å². The van der Waals surface area contributed by atoms with Crippen LogP contribution in [0, 0.1) is 11.6 Å². The van der Waals surface area contributed by atoms with Gasteiger partial charge in [0.15, 0.2) is 0 Å². The molecule has 1 aromatic rings. The van der Waals surface area contributed by atoms with Crippen molar-refractivity contribution >= 4 is 28.3 Å². The second kappa shape index (κ2) is 4.33. The van der Waals surface area contributed by atoms with E-state index in [0.717, 1.165) is 6.07 Å². The lowest BCUT2D eigenvalue weighted by Crippen LogP contribution is -2.63. The van der Waals surface area contributed by atoms with Gasteiger partial charge in [-0.25, -0.2) is 8.78 Å². The summed E-state index contributed by atoms with van der Waals surface area (Å²) in [6.45, 7) is 1.03. The standard InChI is InChI=1S/C9H9BrF2N2.ClH/c10-6-1-5(7(11)2-8(6)12)9(13)3-14-4-9;/h1-2,14H,3-4,13H2;1H. The molecule has 1 fully saturated rings. The molecule has 2 rings (SSSR count). The van der Waals surface area contributed by atoms with Crippen molar-refractivity contribution in [3.8, 4) is 0 Å². The molecule has 0 saturated carbocycles. The molecule has 1 aromatic carbocycles. The zero-order chi connectivity index (χ0) is 10.3. The third kappa shape index (κ3) is 2.15. The van der Waals surface area contributed by atoms with Crippen LogP contribution >= 0.6 is 28.3 Å². The van der Waals surface area contributed by atoms with Crippen molar-refractivity contribution in [3.63, 3.8) is 0 Å². The molecule has 0 unspecified atom stereocenters. The van der Waals surface area contributed by atoms with Gasteiger partial charge in [0, 0.05) is 24.7 Å². The average molecular weight is 300 g/mol. The maximum atomic E-state index is 13.4. The average Bonchev–Trinajstić information content (AvgIpc) is 2.07. The van der Waals surface area contributed by atoms with Crippen molar-refractivity contribution < 1.29 is 8.78 Å². The van der Waals surface area contributed by atoms with Crippen LogP contribution in [0.1, 0.15) is 5.56 Å². The van der Waals surface area contributed by atoms with Gasteiger partial charge >= 0.3 is 0 Å². The lowest BCUT2D eigenvalue weighted by Gasteiger charge is -2.39. The van der Waals surface area contributed by atoms with Crippen LogP contribution in [0.5, 0.6) is 0 Å². The Hall–Kier alpha value is -0.230. The number of hydrogen-bond donors (Lipinski definition) is 2. The van der Waals surface area contributed by atoms with Crippen molar-refractivity contribution in [3.05, 3.63) is 33.8 Å². The molecule has 0 spiro atoms. The van der Waals surface area contributed by atoms with Crippen LogP contribution in [0.25, 0.3) is 0 Å². The number of rotatable bonds is 1. The highest BCUT2D eigenvalue weighted by molar-refractivity contribution is 9.10. The fourth-order valence-corrected chi connectivity index (χ4v) is 1.83. The molecule has 1 aliphatic heterocycles. The van der Waals surface area contributed by atoms with Gasteiger partial charge in [0.05, 0.1) is 10.0 Å². The van der Waals surface area contributed by atoms with Gasteiger partial charge in [-0.2, -0.15) is 0 Å². The third-order valence-electron chi connectivity index (χ3n) is 2.43. The lowest BCUT2D eigenvalue weighted by atomic mass is 9.85. The van der Waals surface area contributed by atoms with Gasteiger partial charge in [-0.1, -0.05) is 0 Å². The zero-order valence-electron chi connectivity index (χ0n) is 7.69. The van der Waals surface area contributed by atoms with E-state index in [1.54, 1.807) is 0 Å². The van der Waals surface area contributed by atoms with Crippen LogP contribution in [0.2, 0.25) is 0 Å². The second-order valence-electron chi connectivity index (χ2n) is 3.51. The molecular weight excluding hydrogens is 289 g/mol.